The Kier molecular flexibility index (Phi) is 5.13. The maximum atomic E-state index is 12.3. The minimum atomic E-state index is -0.691. The maximum Gasteiger partial charge on any atom is 0.410 e. The maximum absolute atomic E-state index is 12.3. The molecule has 148 valence electrons. The first-order chi connectivity index (χ1) is 13.5. The van der Waals surface area contributed by atoms with Gasteiger partial charge in [-0.2, -0.15) is 0 Å². The molecule has 4 rings (SSSR count). The Morgan fingerprint density at radius 2 is 1.89 bits per heavy atom. The third-order valence-electron chi connectivity index (χ3n) is 5.23. The quantitative estimate of drug-likeness (QED) is 0.819. The van der Waals surface area contributed by atoms with Gasteiger partial charge in [0.05, 0.1) is 6.10 Å². The molecule has 2 aliphatic rings. The fourth-order valence-corrected chi connectivity index (χ4v) is 4.04. The molecule has 0 radical (unpaired) electrons. The van der Waals surface area contributed by atoms with Gasteiger partial charge >= 0.3 is 6.09 Å². The average Bonchev–Trinajstić information content (AvgIpc) is 3.36. The Labute approximate surface area is 166 Å². The number of aromatic nitrogens is 1. The highest BCUT2D eigenvalue weighted by molar-refractivity contribution is 6.30. The van der Waals surface area contributed by atoms with Crippen molar-refractivity contribution in [2.45, 2.75) is 25.6 Å². The molecule has 28 heavy (non-hydrogen) atoms. The summed E-state index contributed by atoms with van der Waals surface area (Å²) in [4.78, 5) is 25.0. The average molecular weight is 406 g/mol. The van der Waals surface area contributed by atoms with E-state index in [-0.39, 0.29) is 24.2 Å². The fraction of sp³-hybridized carbons (Fsp3) is 0.421. The summed E-state index contributed by atoms with van der Waals surface area (Å²) in [6, 6.07) is 8.73. The lowest BCUT2D eigenvalue weighted by molar-refractivity contribution is 0.0899. The lowest BCUT2D eigenvalue weighted by Crippen LogP contribution is -2.31. The van der Waals surface area contributed by atoms with E-state index in [2.05, 4.69) is 5.16 Å². The van der Waals surface area contributed by atoms with Gasteiger partial charge in [0.1, 0.15) is 5.75 Å². The number of likely N-dealkylation sites (tertiary alicyclic amines) is 1. The molecule has 0 bridgehead atoms. The van der Waals surface area contributed by atoms with Crippen LogP contribution in [0.2, 0.25) is 5.02 Å². The highest BCUT2D eigenvalue weighted by Gasteiger charge is 2.43. The zero-order valence-electron chi connectivity index (χ0n) is 15.0. The second-order valence-corrected chi connectivity index (χ2v) is 7.62. The van der Waals surface area contributed by atoms with Crippen LogP contribution >= 0.6 is 11.6 Å². The molecule has 3 atom stereocenters. The van der Waals surface area contributed by atoms with Crippen LogP contribution in [0.3, 0.4) is 0 Å². The van der Waals surface area contributed by atoms with Crippen molar-refractivity contribution in [2.24, 2.45) is 17.6 Å². The lowest BCUT2D eigenvalue weighted by atomic mass is 10.0. The van der Waals surface area contributed by atoms with Crippen LogP contribution < -0.4 is 10.5 Å². The highest BCUT2D eigenvalue weighted by atomic mass is 35.5. The Bertz CT molecular complexity index is 855. The van der Waals surface area contributed by atoms with E-state index in [0.29, 0.717) is 29.9 Å². The number of benzene rings is 1. The number of halogens is 1. The van der Waals surface area contributed by atoms with Crippen molar-refractivity contribution >= 4 is 23.6 Å². The van der Waals surface area contributed by atoms with Crippen LogP contribution in [-0.2, 0) is 11.3 Å². The summed E-state index contributed by atoms with van der Waals surface area (Å²) < 4.78 is 16.2. The van der Waals surface area contributed by atoms with Crippen LogP contribution in [0.1, 0.15) is 29.1 Å². The predicted molar refractivity (Wildman–Crippen MR) is 98.9 cm³/mol. The summed E-state index contributed by atoms with van der Waals surface area (Å²) in [7, 11) is 0. The van der Waals surface area contributed by atoms with Crippen LogP contribution in [0, 0.1) is 11.8 Å². The van der Waals surface area contributed by atoms with Gasteiger partial charge in [-0.05, 0) is 48.9 Å². The van der Waals surface area contributed by atoms with Crippen molar-refractivity contribution in [1.29, 1.82) is 0 Å². The number of carbonyl (C=O) groups is 2. The van der Waals surface area contributed by atoms with Crippen LogP contribution in [-0.4, -0.2) is 41.3 Å². The largest absolute Gasteiger partial charge is 0.490 e. The van der Waals surface area contributed by atoms with Gasteiger partial charge in [-0.3, -0.25) is 4.79 Å². The van der Waals surface area contributed by atoms with Gasteiger partial charge in [-0.25, -0.2) is 4.79 Å². The van der Waals surface area contributed by atoms with Crippen LogP contribution in [0.5, 0.6) is 5.75 Å². The number of nitrogens with zero attached hydrogens (tertiary/aromatic N) is 2. The third kappa shape index (κ3) is 4.06. The van der Waals surface area contributed by atoms with E-state index in [1.807, 2.05) is 24.3 Å². The molecular formula is C19H20ClN3O5. The molecule has 1 aliphatic heterocycles. The predicted octanol–water partition coefficient (Wildman–Crippen LogP) is 2.85. The third-order valence-corrected chi connectivity index (χ3v) is 5.48. The number of hydrogen-bond donors (Lipinski definition) is 1. The van der Waals surface area contributed by atoms with Gasteiger partial charge in [-0.1, -0.05) is 16.8 Å². The number of primary amides is 1. The normalized spacial score (nSPS) is 23.5. The zero-order chi connectivity index (χ0) is 19.7. The van der Waals surface area contributed by atoms with Gasteiger partial charge in [0.2, 0.25) is 0 Å². The second-order valence-electron chi connectivity index (χ2n) is 7.19. The second kappa shape index (κ2) is 7.71. The van der Waals surface area contributed by atoms with Gasteiger partial charge in [0.25, 0.3) is 5.91 Å². The molecule has 2 fully saturated rings. The van der Waals surface area contributed by atoms with Crippen LogP contribution in [0.4, 0.5) is 4.79 Å². The Balaban J connectivity index is 1.24. The van der Waals surface area contributed by atoms with E-state index >= 15 is 0 Å². The van der Waals surface area contributed by atoms with Crippen molar-refractivity contribution in [2.75, 3.05) is 13.1 Å². The molecule has 1 saturated carbocycles. The Hall–Kier alpha value is -2.74. The monoisotopic (exact) mass is 405 g/mol. The highest BCUT2D eigenvalue weighted by Crippen LogP contribution is 2.40. The van der Waals surface area contributed by atoms with Crippen molar-refractivity contribution in [3.05, 3.63) is 46.8 Å². The van der Waals surface area contributed by atoms with Gasteiger partial charge in [0.15, 0.2) is 18.1 Å². The molecule has 1 saturated heterocycles. The number of ether oxygens (including phenoxy) is 2. The standard InChI is InChI=1S/C19H20ClN3O5/c20-13-1-3-14(4-2-13)27-15-5-11-8-23(9-12(11)6-15)19(25)26-10-16-7-17(18(21)24)22-28-16/h1-4,7,11-12,15H,5-6,8-10H2,(H2,21,24)/t11-,12+,15?. The van der Waals surface area contributed by atoms with E-state index in [0.717, 1.165) is 18.6 Å². The molecule has 1 aromatic carbocycles. The van der Waals surface area contributed by atoms with Crippen LogP contribution in [0.15, 0.2) is 34.9 Å². The van der Waals surface area contributed by atoms with E-state index in [1.54, 1.807) is 4.90 Å². The SMILES string of the molecule is NC(=O)c1cc(COC(=O)N2C[C@H]3CC(Oc4ccc(Cl)cc4)C[C@H]3C2)on1. The van der Waals surface area contributed by atoms with E-state index < -0.39 is 12.0 Å². The van der Waals surface area contributed by atoms with E-state index in [1.165, 1.54) is 6.07 Å². The molecule has 2 amide bonds. The van der Waals surface area contributed by atoms with Crippen molar-refractivity contribution < 1.29 is 23.6 Å². The van der Waals surface area contributed by atoms with Gasteiger partial charge < -0.3 is 24.6 Å². The van der Waals surface area contributed by atoms with E-state index in [4.69, 9.17) is 31.3 Å². The smallest absolute Gasteiger partial charge is 0.410 e. The number of carbonyl (C=O) groups excluding carboxylic acids is 2. The fourth-order valence-electron chi connectivity index (χ4n) is 3.92. The first kappa shape index (κ1) is 18.6. The number of amides is 2. The Morgan fingerprint density at radius 1 is 1.21 bits per heavy atom. The number of fused-ring (bicyclic) bond motifs is 1. The first-order valence-electron chi connectivity index (χ1n) is 9.07. The summed E-state index contributed by atoms with van der Waals surface area (Å²) in [5.41, 5.74) is 5.12. The van der Waals surface area contributed by atoms with Crippen molar-refractivity contribution in [1.82, 2.24) is 10.1 Å². The number of rotatable bonds is 5. The zero-order valence-corrected chi connectivity index (χ0v) is 15.8. The lowest BCUT2D eigenvalue weighted by Gasteiger charge is -2.19. The van der Waals surface area contributed by atoms with Crippen molar-refractivity contribution in [3.63, 3.8) is 0 Å². The molecule has 2 N–H and O–H groups in total. The molecule has 1 unspecified atom stereocenters. The minimum absolute atomic E-state index is 0.00785. The summed E-state index contributed by atoms with van der Waals surface area (Å²) in [5, 5.41) is 4.19. The molecule has 9 heteroatoms. The molecule has 1 aromatic heterocycles. The van der Waals surface area contributed by atoms with E-state index in [9.17, 15) is 9.59 Å². The first-order valence-corrected chi connectivity index (χ1v) is 9.45. The molecule has 2 heterocycles. The van der Waals surface area contributed by atoms with Gasteiger partial charge in [0, 0.05) is 24.2 Å². The topological polar surface area (TPSA) is 108 Å². The molecule has 8 nitrogen and oxygen atoms in total. The van der Waals surface area contributed by atoms with Crippen molar-refractivity contribution in [3.8, 4) is 5.75 Å². The number of hydrogen-bond acceptors (Lipinski definition) is 6. The Morgan fingerprint density at radius 3 is 2.50 bits per heavy atom. The molecule has 2 aromatic rings. The van der Waals surface area contributed by atoms with Gasteiger partial charge in [-0.15, -0.1) is 0 Å². The summed E-state index contributed by atoms with van der Waals surface area (Å²) in [6.07, 6.45) is 1.56. The summed E-state index contributed by atoms with van der Waals surface area (Å²) in [5.74, 6) is 1.20. The molecule has 0 spiro atoms. The minimum Gasteiger partial charge on any atom is -0.490 e. The summed E-state index contributed by atoms with van der Waals surface area (Å²) in [6.45, 7) is 1.20. The number of nitrogens with two attached hydrogens (primary N) is 1. The van der Waals surface area contributed by atoms with Crippen LogP contribution in [0.25, 0.3) is 0 Å². The summed E-state index contributed by atoms with van der Waals surface area (Å²) >= 11 is 5.90. The molecule has 1 aliphatic carbocycles. The molecular weight excluding hydrogens is 386 g/mol.